The lowest BCUT2D eigenvalue weighted by molar-refractivity contribution is -0.117. The van der Waals surface area contributed by atoms with E-state index in [2.05, 4.69) is 5.32 Å². The van der Waals surface area contributed by atoms with Gasteiger partial charge in [-0.15, -0.1) is 0 Å². The van der Waals surface area contributed by atoms with E-state index in [0.717, 1.165) is 22.7 Å². The Morgan fingerprint density at radius 1 is 1.30 bits per heavy atom. The number of fused-ring (bicyclic) bond motifs is 1. The zero-order valence-corrected chi connectivity index (χ0v) is 13.4. The van der Waals surface area contributed by atoms with Gasteiger partial charge in [-0.3, -0.25) is 4.79 Å². The average molecular weight is 311 g/mol. The predicted octanol–water partition coefficient (Wildman–Crippen LogP) is 2.80. The van der Waals surface area contributed by atoms with E-state index in [-0.39, 0.29) is 11.9 Å². The van der Waals surface area contributed by atoms with Crippen molar-refractivity contribution in [2.24, 2.45) is 0 Å². The van der Waals surface area contributed by atoms with Gasteiger partial charge < -0.3 is 20.7 Å². The van der Waals surface area contributed by atoms with Crippen LogP contribution in [0.5, 0.6) is 5.75 Å². The van der Waals surface area contributed by atoms with E-state index in [9.17, 15) is 4.79 Å². The number of carbonyl (C=O) groups excluding carboxylic acids is 1. The van der Waals surface area contributed by atoms with Crippen molar-refractivity contribution in [1.29, 1.82) is 0 Å². The summed E-state index contributed by atoms with van der Waals surface area (Å²) in [6, 6.07) is 13.0. The molecular weight excluding hydrogens is 290 g/mol. The molecule has 2 aromatic rings. The van der Waals surface area contributed by atoms with Crippen LogP contribution in [-0.2, 0) is 4.79 Å². The molecule has 3 rings (SSSR count). The Balaban J connectivity index is 1.80. The number of nitrogens with two attached hydrogens (primary N) is 1. The van der Waals surface area contributed by atoms with Gasteiger partial charge in [-0.25, -0.2) is 0 Å². The molecule has 120 valence electrons. The first-order valence-electron chi connectivity index (χ1n) is 7.72. The molecule has 0 aromatic heterocycles. The number of anilines is 3. The van der Waals surface area contributed by atoms with Crippen LogP contribution in [0.1, 0.15) is 12.5 Å². The van der Waals surface area contributed by atoms with Crippen LogP contribution in [0.25, 0.3) is 0 Å². The summed E-state index contributed by atoms with van der Waals surface area (Å²) in [5, 5.41) is 3.00. The van der Waals surface area contributed by atoms with Gasteiger partial charge in [0.1, 0.15) is 18.4 Å². The maximum atomic E-state index is 12.6. The summed E-state index contributed by atoms with van der Waals surface area (Å²) in [5.74, 6) is 0.691. The number of hydrogen-bond acceptors (Lipinski definition) is 4. The van der Waals surface area contributed by atoms with Crippen molar-refractivity contribution in [3.8, 4) is 5.75 Å². The largest absolute Gasteiger partial charge is 0.489 e. The quantitative estimate of drug-likeness (QED) is 0.855. The second-order valence-corrected chi connectivity index (χ2v) is 5.75. The van der Waals surface area contributed by atoms with E-state index in [4.69, 9.17) is 10.5 Å². The summed E-state index contributed by atoms with van der Waals surface area (Å²) < 4.78 is 5.65. The summed E-state index contributed by atoms with van der Waals surface area (Å²) in [5.41, 5.74) is 9.25. The van der Waals surface area contributed by atoms with Crippen molar-refractivity contribution in [3.05, 3.63) is 48.0 Å². The van der Waals surface area contributed by atoms with Crippen LogP contribution < -0.4 is 20.7 Å². The molecular formula is C18H21N3O2. The highest BCUT2D eigenvalue weighted by Gasteiger charge is 2.27. The van der Waals surface area contributed by atoms with E-state index in [1.54, 1.807) is 6.07 Å². The van der Waals surface area contributed by atoms with E-state index < -0.39 is 0 Å². The molecule has 0 bridgehead atoms. The molecule has 0 aliphatic carbocycles. The fraction of sp³-hybridized carbons (Fsp3) is 0.278. The average Bonchev–Trinajstić information content (AvgIpc) is 2.55. The molecule has 1 aliphatic heterocycles. The van der Waals surface area contributed by atoms with Gasteiger partial charge in [0.25, 0.3) is 0 Å². The molecule has 2 aromatic carbocycles. The van der Waals surface area contributed by atoms with Gasteiger partial charge in [0.2, 0.25) is 5.91 Å². The highest BCUT2D eigenvalue weighted by Crippen LogP contribution is 2.34. The lowest BCUT2D eigenvalue weighted by Crippen LogP contribution is -2.46. The van der Waals surface area contributed by atoms with Crippen molar-refractivity contribution in [2.45, 2.75) is 19.9 Å². The van der Waals surface area contributed by atoms with Gasteiger partial charge in [-0.05, 0) is 37.6 Å². The van der Waals surface area contributed by atoms with Crippen LogP contribution >= 0.6 is 0 Å². The number of hydrogen-bond donors (Lipinski definition) is 2. The second kappa shape index (κ2) is 6.20. The van der Waals surface area contributed by atoms with Gasteiger partial charge >= 0.3 is 0 Å². The Hall–Kier alpha value is -2.69. The van der Waals surface area contributed by atoms with Crippen LogP contribution in [-0.4, -0.2) is 25.1 Å². The van der Waals surface area contributed by atoms with Gasteiger partial charge in [-0.1, -0.05) is 18.2 Å². The highest BCUT2D eigenvalue weighted by molar-refractivity contribution is 5.97. The van der Waals surface area contributed by atoms with Crippen molar-refractivity contribution >= 4 is 23.0 Å². The molecule has 5 heteroatoms. The monoisotopic (exact) mass is 311 g/mol. The fourth-order valence-corrected chi connectivity index (χ4v) is 2.75. The third-order valence-electron chi connectivity index (χ3n) is 4.13. The van der Waals surface area contributed by atoms with Crippen LogP contribution in [0, 0.1) is 6.92 Å². The number of amides is 1. The Morgan fingerprint density at radius 2 is 2.09 bits per heavy atom. The van der Waals surface area contributed by atoms with Crippen LogP contribution in [0.2, 0.25) is 0 Å². The van der Waals surface area contributed by atoms with Gasteiger partial charge in [0.05, 0.1) is 12.2 Å². The first-order valence-corrected chi connectivity index (χ1v) is 7.72. The minimum Gasteiger partial charge on any atom is -0.489 e. The lowest BCUT2D eigenvalue weighted by atomic mass is 10.1. The number of ether oxygens (including phenoxy) is 1. The normalized spacial score (nSPS) is 14.6. The minimum absolute atomic E-state index is 0.0380. The van der Waals surface area contributed by atoms with Crippen LogP contribution in [0.4, 0.5) is 17.1 Å². The van der Waals surface area contributed by atoms with E-state index in [1.807, 2.05) is 55.1 Å². The van der Waals surface area contributed by atoms with Crippen LogP contribution in [0.15, 0.2) is 42.5 Å². The van der Waals surface area contributed by atoms with Gasteiger partial charge in [-0.2, -0.15) is 0 Å². The molecule has 0 radical (unpaired) electrons. The molecule has 1 aliphatic rings. The number of nitrogens with one attached hydrogen (secondary N) is 1. The third-order valence-corrected chi connectivity index (χ3v) is 4.13. The van der Waals surface area contributed by atoms with Crippen molar-refractivity contribution in [2.75, 3.05) is 29.1 Å². The Labute approximate surface area is 136 Å². The molecule has 0 spiro atoms. The van der Waals surface area contributed by atoms with Crippen molar-refractivity contribution < 1.29 is 9.53 Å². The number of aryl methyl sites for hydroxylation is 1. The molecule has 1 atom stereocenters. The highest BCUT2D eigenvalue weighted by atomic mass is 16.5. The lowest BCUT2D eigenvalue weighted by Gasteiger charge is -2.35. The Morgan fingerprint density at radius 3 is 2.87 bits per heavy atom. The van der Waals surface area contributed by atoms with Gasteiger partial charge in [0.15, 0.2) is 0 Å². The summed E-state index contributed by atoms with van der Waals surface area (Å²) in [6.45, 7) is 5.09. The first-order chi connectivity index (χ1) is 11.1. The summed E-state index contributed by atoms with van der Waals surface area (Å²) >= 11 is 0. The zero-order valence-electron chi connectivity index (χ0n) is 13.4. The molecule has 0 fully saturated rings. The summed E-state index contributed by atoms with van der Waals surface area (Å²) in [7, 11) is 0. The molecule has 5 nitrogen and oxygen atoms in total. The molecule has 3 N–H and O–H groups in total. The number of nitrogens with zero attached hydrogens (tertiary/aromatic N) is 1. The predicted molar refractivity (Wildman–Crippen MR) is 93.0 cm³/mol. The smallest absolute Gasteiger partial charge is 0.246 e. The number of rotatable bonds is 3. The molecule has 0 saturated carbocycles. The van der Waals surface area contributed by atoms with Crippen molar-refractivity contribution in [3.63, 3.8) is 0 Å². The fourth-order valence-electron chi connectivity index (χ4n) is 2.75. The van der Waals surface area contributed by atoms with Crippen molar-refractivity contribution in [1.82, 2.24) is 0 Å². The minimum atomic E-state index is -0.305. The summed E-state index contributed by atoms with van der Waals surface area (Å²) in [6.07, 6.45) is 0. The Bertz CT molecular complexity index is 730. The molecule has 23 heavy (non-hydrogen) atoms. The number of para-hydroxylation sites is 1. The summed E-state index contributed by atoms with van der Waals surface area (Å²) in [4.78, 5) is 14.7. The Kier molecular flexibility index (Phi) is 4.10. The second-order valence-electron chi connectivity index (χ2n) is 5.75. The van der Waals surface area contributed by atoms with E-state index in [0.29, 0.717) is 18.8 Å². The van der Waals surface area contributed by atoms with Crippen LogP contribution in [0.3, 0.4) is 0 Å². The molecule has 1 heterocycles. The third kappa shape index (κ3) is 3.08. The maximum absolute atomic E-state index is 12.6. The number of nitrogen functional groups attached to an aromatic ring is 1. The zero-order chi connectivity index (χ0) is 16.4. The molecule has 0 saturated heterocycles. The molecule has 1 unspecified atom stereocenters. The van der Waals surface area contributed by atoms with E-state index in [1.165, 1.54) is 0 Å². The number of carbonyl (C=O) groups is 1. The maximum Gasteiger partial charge on any atom is 0.246 e. The standard InChI is InChI=1S/C18H21N3O2/c1-12-5-3-4-6-15(12)20-18(22)13(2)21-9-10-23-17-11-14(19)7-8-16(17)21/h3-8,11,13H,9-10,19H2,1-2H3,(H,20,22). The number of benzene rings is 2. The van der Waals surface area contributed by atoms with E-state index >= 15 is 0 Å². The van der Waals surface area contributed by atoms with Gasteiger partial charge in [0, 0.05) is 17.4 Å². The topological polar surface area (TPSA) is 67.6 Å². The SMILES string of the molecule is Cc1ccccc1NC(=O)C(C)N1CCOc2cc(N)ccc21. The molecule has 1 amide bonds. The first kappa shape index (κ1) is 15.2.